The third-order valence-electron chi connectivity index (χ3n) is 13.5. The molecule has 8 rings (SSSR count). The number of carbonyl (C=O) groups excluding carboxylic acids is 5. The molecule has 3 aliphatic heterocycles. The summed E-state index contributed by atoms with van der Waals surface area (Å²) in [5, 5.41) is 7.56. The summed E-state index contributed by atoms with van der Waals surface area (Å²) in [5.41, 5.74) is 1.56. The minimum Gasteiger partial charge on any atom is -0.541 e. The zero-order valence-electron chi connectivity index (χ0n) is 39.9. The van der Waals surface area contributed by atoms with E-state index < -0.39 is 57.5 Å². The molecule has 4 heterocycles. The van der Waals surface area contributed by atoms with Gasteiger partial charge in [-0.3, -0.25) is 23.5 Å². The van der Waals surface area contributed by atoms with Gasteiger partial charge in [0.2, 0.25) is 6.10 Å². The van der Waals surface area contributed by atoms with Crippen molar-refractivity contribution >= 4 is 85.2 Å². The highest BCUT2D eigenvalue weighted by Crippen LogP contribution is 2.54. The second kappa shape index (κ2) is 22.6. The fourth-order valence-electron chi connectivity index (χ4n) is 9.75. The summed E-state index contributed by atoms with van der Waals surface area (Å²) in [6.45, 7) is 4.36. The number of rotatable bonds is 19. The minimum atomic E-state index is -1.82. The second-order valence-electron chi connectivity index (χ2n) is 17.7. The smallest absolute Gasteiger partial charge is 0.378 e. The van der Waals surface area contributed by atoms with Gasteiger partial charge in [-0.25, -0.2) is 14.6 Å². The number of β-lactam (4-membered cyclic amide) rings is 1. The number of benzene rings is 3. The van der Waals surface area contributed by atoms with Gasteiger partial charge in [0.15, 0.2) is 17.2 Å². The van der Waals surface area contributed by atoms with Crippen LogP contribution < -0.4 is 24.3 Å². The number of aryl methyl sites for hydroxylation is 1. The summed E-state index contributed by atoms with van der Waals surface area (Å²) in [4.78, 5) is 80.5. The van der Waals surface area contributed by atoms with Crippen molar-refractivity contribution in [2.24, 2.45) is 16.5 Å². The zero-order valence-corrected chi connectivity index (χ0v) is 42.3. The van der Waals surface area contributed by atoms with Gasteiger partial charge in [0.05, 0.1) is 40.6 Å². The molecule has 0 bridgehead atoms. The molecule has 1 N–H and O–H groups in total. The van der Waals surface area contributed by atoms with Gasteiger partial charge in [0.1, 0.15) is 47.5 Å². The van der Waals surface area contributed by atoms with Crippen molar-refractivity contribution in [1.82, 2.24) is 20.1 Å². The van der Waals surface area contributed by atoms with Crippen LogP contribution in [0.1, 0.15) is 77.6 Å². The number of methoxy groups -OCH3 is 2. The lowest BCUT2D eigenvalue weighted by molar-refractivity contribution is -0.149. The Morgan fingerprint density at radius 2 is 1.65 bits per heavy atom. The van der Waals surface area contributed by atoms with Gasteiger partial charge in [-0.1, -0.05) is 54.4 Å². The van der Waals surface area contributed by atoms with E-state index in [0.29, 0.717) is 47.3 Å². The molecule has 1 saturated carbocycles. The Kier molecular flexibility index (Phi) is 16.3. The highest BCUT2D eigenvalue weighted by Gasteiger charge is 2.59. The molecule has 4 radical (unpaired) electrons. The van der Waals surface area contributed by atoms with Gasteiger partial charge >= 0.3 is 28.0 Å². The maximum absolute atomic E-state index is 14.5. The van der Waals surface area contributed by atoms with Crippen molar-refractivity contribution in [1.29, 1.82) is 0 Å². The van der Waals surface area contributed by atoms with E-state index in [1.807, 2.05) is 48.5 Å². The predicted octanol–water partition coefficient (Wildman–Crippen LogP) is 5.43. The molecule has 2 saturated heterocycles. The number of piperidine rings is 1. The van der Waals surface area contributed by atoms with E-state index in [0.717, 1.165) is 35.3 Å². The number of ether oxygens (including phenoxy) is 4. The SMILES string of the molecule is [B]OC(=O)C1=C(CC23CCC[C@H]2CN(C(=O)c2ccc(OCc4ccc(OC)cc4)c(OCc4ccc(OC)cc4)c2Cl)CC3)CS(=O)[C@@H]2[C@H](NC(=O)/C(=N\O[C@H](CC)C(=O)O[B])c3csc(C)n3)C(=O)N12. The summed E-state index contributed by atoms with van der Waals surface area (Å²) in [6, 6.07) is 16.8. The van der Waals surface area contributed by atoms with E-state index in [9.17, 15) is 28.2 Å². The Bertz CT molecular complexity index is 2810. The monoisotopic (exact) mass is 1040 g/mol. The summed E-state index contributed by atoms with van der Waals surface area (Å²) < 4.78 is 46.3. The van der Waals surface area contributed by atoms with Crippen LogP contribution >= 0.6 is 22.9 Å². The molecule has 4 aromatic rings. The molecule has 374 valence electrons. The first-order valence-corrected chi connectivity index (χ1v) is 25.7. The summed E-state index contributed by atoms with van der Waals surface area (Å²) in [5.74, 6) is -2.04. The number of nitrogens with zero attached hydrogens (tertiary/aromatic N) is 4. The molecule has 3 aromatic carbocycles. The number of aromatic nitrogens is 1. The highest BCUT2D eigenvalue weighted by atomic mass is 35.5. The third kappa shape index (κ3) is 10.7. The van der Waals surface area contributed by atoms with Crippen LogP contribution in [0, 0.1) is 18.3 Å². The molecular formula is C49H50B2ClN5O13S2. The van der Waals surface area contributed by atoms with Gasteiger partial charge in [0.25, 0.3) is 17.7 Å². The number of hydrogen-bond donors (Lipinski definition) is 1. The first kappa shape index (κ1) is 52.0. The first-order valence-electron chi connectivity index (χ1n) is 23.1. The van der Waals surface area contributed by atoms with Gasteiger partial charge in [-0.2, -0.15) is 0 Å². The number of likely N-dealkylation sites (tertiary alicyclic amines) is 1. The quantitative estimate of drug-likeness (QED) is 0.0538. The van der Waals surface area contributed by atoms with Crippen molar-refractivity contribution in [2.75, 3.05) is 33.1 Å². The average Bonchev–Trinajstić information content (AvgIpc) is 4.03. The Labute approximate surface area is 430 Å². The lowest BCUT2D eigenvalue weighted by atomic mass is 9.68. The molecule has 72 heavy (non-hydrogen) atoms. The van der Waals surface area contributed by atoms with Crippen LogP contribution in [-0.4, -0.2) is 121 Å². The number of carbonyl (C=O) groups is 5. The number of halogens is 1. The number of hydrogen-bond acceptors (Lipinski definition) is 16. The van der Waals surface area contributed by atoms with Gasteiger partial charge in [-0.05, 0) is 103 Å². The Morgan fingerprint density at radius 3 is 2.26 bits per heavy atom. The number of nitrogens with one attached hydrogen (secondary N) is 1. The van der Waals surface area contributed by atoms with Gasteiger partial charge in [-0.15, -0.1) is 11.3 Å². The molecule has 18 nitrogen and oxygen atoms in total. The molecule has 3 amide bonds. The Morgan fingerprint density at radius 1 is 0.972 bits per heavy atom. The molecule has 3 fully saturated rings. The van der Waals surface area contributed by atoms with E-state index in [4.69, 9.17) is 56.1 Å². The minimum absolute atomic E-state index is 0.0342. The molecule has 6 atom stereocenters. The summed E-state index contributed by atoms with van der Waals surface area (Å²) in [6.07, 6.45) is 2.04. The summed E-state index contributed by atoms with van der Waals surface area (Å²) in [7, 11) is 11.9. The van der Waals surface area contributed by atoms with Crippen LogP contribution in [0.25, 0.3) is 0 Å². The van der Waals surface area contributed by atoms with Crippen molar-refractivity contribution in [3.05, 3.63) is 110 Å². The van der Waals surface area contributed by atoms with Crippen molar-refractivity contribution < 1.29 is 61.3 Å². The van der Waals surface area contributed by atoms with Crippen molar-refractivity contribution in [2.45, 2.75) is 83.1 Å². The van der Waals surface area contributed by atoms with Crippen LogP contribution in [0.5, 0.6) is 23.0 Å². The van der Waals surface area contributed by atoms with Gasteiger partial charge in [0, 0.05) is 24.2 Å². The molecule has 23 heteroatoms. The molecule has 0 spiro atoms. The van der Waals surface area contributed by atoms with Crippen LogP contribution in [0.3, 0.4) is 0 Å². The Hall–Kier alpha value is -6.38. The van der Waals surface area contributed by atoms with Gasteiger partial charge < -0.3 is 43.3 Å². The molecular weight excluding hydrogens is 988 g/mol. The largest absolute Gasteiger partial charge is 0.541 e. The summed E-state index contributed by atoms with van der Waals surface area (Å²) >= 11 is 8.33. The number of amides is 3. The molecule has 4 aliphatic rings. The highest BCUT2D eigenvalue weighted by molar-refractivity contribution is 7.86. The number of fused-ring (bicyclic) bond motifs is 2. The second-order valence-corrected chi connectivity index (χ2v) is 20.7. The fourth-order valence-corrected chi connectivity index (χ4v) is 12.3. The molecule has 2 unspecified atom stereocenters. The van der Waals surface area contributed by atoms with E-state index in [-0.39, 0.29) is 77.1 Å². The maximum Gasteiger partial charge on any atom is 0.378 e. The maximum atomic E-state index is 14.5. The van der Waals surface area contributed by atoms with Crippen LogP contribution in [0.2, 0.25) is 5.02 Å². The standard InChI is InChI=1S/C49H50B2ClN5O13S2/c1-5-36(47(61)68-50)70-55-39(35-25-71-27(2)53-35)43(58)54-40-45(60)57-41(48(62)69-51)30(26-72(63)46(40)57)21-49-18-6-7-31(49)22-56(20-19-49)44(59)34-16-17-37(66-23-28-8-12-32(64-3)13-9-28)42(38(34)52)67-24-29-10-14-33(65-4)15-11-29/h8-17,25,31,36,40,46H,5-7,18-24,26H2,1-4H3,(H,54,58)/b55-39-/t31-,36+,40+,46+,49?,72?/m0/s1. The van der Waals surface area contributed by atoms with E-state index in [1.54, 1.807) is 50.5 Å². The normalized spacial score (nSPS) is 21.9. The van der Waals surface area contributed by atoms with Crippen molar-refractivity contribution in [3.8, 4) is 23.0 Å². The fraction of sp³-hybridized carbons (Fsp3) is 0.408. The lowest BCUT2D eigenvalue weighted by Crippen LogP contribution is -2.74. The molecule has 1 aromatic heterocycles. The van der Waals surface area contributed by atoms with E-state index in [1.165, 1.54) is 11.3 Å². The zero-order chi connectivity index (χ0) is 51.3. The average molecular weight is 1040 g/mol. The Balaban J connectivity index is 0.993. The lowest BCUT2D eigenvalue weighted by Gasteiger charge is -2.51. The van der Waals surface area contributed by atoms with Crippen LogP contribution in [-0.2, 0) is 57.3 Å². The number of thiazole rings is 1. The van der Waals surface area contributed by atoms with E-state index in [2.05, 4.69) is 20.1 Å². The first-order chi connectivity index (χ1) is 34.7. The number of oxime groups is 1. The topological polar surface area (TPSA) is 211 Å². The molecule has 1 aliphatic carbocycles. The predicted molar refractivity (Wildman–Crippen MR) is 266 cm³/mol. The van der Waals surface area contributed by atoms with E-state index >= 15 is 0 Å². The van der Waals surface area contributed by atoms with Crippen LogP contribution in [0.4, 0.5) is 0 Å². The van der Waals surface area contributed by atoms with Crippen molar-refractivity contribution in [3.63, 3.8) is 0 Å². The third-order valence-corrected chi connectivity index (χ3v) is 16.3. The van der Waals surface area contributed by atoms with Crippen LogP contribution in [0.15, 0.2) is 82.5 Å².